The number of hydrogen-bond acceptors (Lipinski definition) is 5. The van der Waals surface area contributed by atoms with Crippen molar-refractivity contribution in [3.63, 3.8) is 0 Å². The minimum Gasteiger partial charge on any atom is -0.345 e. The van der Waals surface area contributed by atoms with Crippen LogP contribution in [0.15, 0.2) is 36.4 Å². The van der Waals surface area contributed by atoms with Gasteiger partial charge in [-0.25, -0.2) is 0 Å². The van der Waals surface area contributed by atoms with Crippen molar-refractivity contribution >= 4 is 60.1 Å². The van der Waals surface area contributed by atoms with Crippen LogP contribution < -0.4 is 5.32 Å². The maximum absolute atomic E-state index is 12.3. The van der Waals surface area contributed by atoms with Crippen molar-refractivity contribution in [2.75, 3.05) is 25.9 Å². The Morgan fingerprint density at radius 1 is 1.00 bits per heavy atom. The van der Waals surface area contributed by atoms with E-state index >= 15 is 0 Å². The quantitative estimate of drug-likeness (QED) is 0.127. The van der Waals surface area contributed by atoms with Crippen LogP contribution >= 0.6 is 53.8 Å². The monoisotopic (exact) mass is 557 g/mol. The summed E-state index contributed by atoms with van der Waals surface area (Å²) in [4.78, 5) is 20.3. The molecule has 0 aliphatic heterocycles. The molecule has 0 heterocycles. The molecule has 2 rings (SSSR count). The van der Waals surface area contributed by atoms with E-state index < -0.39 is 13.4 Å². The van der Waals surface area contributed by atoms with Crippen LogP contribution in [0.2, 0.25) is 20.1 Å². The second-order valence-corrected chi connectivity index (χ2v) is 10.8. The molecule has 2 aromatic rings. The molecule has 0 bridgehead atoms. The minimum atomic E-state index is -3.49. The summed E-state index contributed by atoms with van der Waals surface area (Å²) in [5, 5.41) is 5.32. The van der Waals surface area contributed by atoms with Crippen molar-refractivity contribution < 1.29 is 23.7 Å². The van der Waals surface area contributed by atoms with Gasteiger partial charge in [0.2, 0.25) is 6.03 Å². The fourth-order valence-electron chi connectivity index (χ4n) is 2.59. The van der Waals surface area contributed by atoms with E-state index in [2.05, 4.69) is 5.32 Å². The topological polar surface area (TPSA) is 84.9 Å². The fourth-order valence-corrected chi connectivity index (χ4v) is 5.10. The molecule has 184 valence electrons. The lowest BCUT2D eigenvalue weighted by atomic mass is 10.2. The number of aldehydes is 1. The van der Waals surface area contributed by atoms with Gasteiger partial charge in [-0.3, -0.25) is 9.36 Å². The fraction of sp³-hybridized carbons (Fsp3) is 0.409. The zero-order chi connectivity index (χ0) is 24.9. The largest absolute Gasteiger partial charge is 0.345 e. The van der Waals surface area contributed by atoms with E-state index in [1.165, 1.54) is 6.07 Å². The SMILES string of the molecule is CCOC(OCC)P(=O)(O)CCCNCc1ccc(Cl)cc1Cl.O=Cc1ccc(Cl)cc1Cl. The van der Waals surface area contributed by atoms with Gasteiger partial charge in [-0.2, -0.15) is 0 Å². The van der Waals surface area contributed by atoms with Crippen molar-refractivity contribution in [3.05, 3.63) is 67.6 Å². The van der Waals surface area contributed by atoms with Gasteiger partial charge >= 0.3 is 0 Å². The maximum Gasteiger partial charge on any atom is 0.255 e. The number of carbonyl (C=O) groups excluding carboxylic acids is 1. The third kappa shape index (κ3) is 11.5. The number of nitrogens with one attached hydrogen (secondary N) is 1. The summed E-state index contributed by atoms with van der Waals surface area (Å²) in [6, 6.07) is 9.03. The number of halogens is 4. The van der Waals surface area contributed by atoms with Crippen LogP contribution in [0.1, 0.15) is 36.2 Å². The van der Waals surface area contributed by atoms with Crippen LogP contribution in [-0.4, -0.2) is 43.1 Å². The van der Waals surface area contributed by atoms with Gasteiger partial charge in [0.15, 0.2) is 6.29 Å². The average Bonchev–Trinajstić information content (AvgIpc) is 2.75. The Kier molecular flexibility index (Phi) is 14.8. The molecule has 6 nitrogen and oxygen atoms in total. The third-order valence-corrected chi connectivity index (χ3v) is 7.26. The molecular formula is C22H28Cl4NO5P. The van der Waals surface area contributed by atoms with E-state index in [9.17, 15) is 14.3 Å². The molecule has 0 aromatic heterocycles. The van der Waals surface area contributed by atoms with E-state index in [0.717, 1.165) is 5.56 Å². The summed E-state index contributed by atoms with van der Waals surface area (Å²) < 4.78 is 22.7. The molecule has 0 radical (unpaired) electrons. The highest BCUT2D eigenvalue weighted by molar-refractivity contribution is 7.58. The summed E-state index contributed by atoms with van der Waals surface area (Å²) in [6.45, 7) is 5.37. The van der Waals surface area contributed by atoms with E-state index in [1.54, 1.807) is 38.1 Å². The summed E-state index contributed by atoms with van der Waals surface area (Å²) in [7, 11) is -3.49. The average molecular weight is 559 g/mol. The predicted octanol–water partition coefficient (Wildman–Crippen LogP) is 6.91. The summed E-state index contributed by atoms with van der Waals surface area (Å²) >= 11 is 23.1. The van der Waals surface area contributed by atoms with Gasteiger partial charge in [0, 0.05) is 46.6 Å². The first-order valence-corrected chi connectivity index (χ1v) is 13.7. The molecule has 2 aromatic carbocycles. The molecule has 1 atom stereocenters. The Balaban J connectivity index is 0.000000451. The van der Waals surface area contributed by atoms with Crippen LogP contribution in [0.25, 0.3) is 0 Å². The molecule has 0 saturated carbocycles. The van der Waals surface area contributed by atoms with Gasteiger partial charge in [-0.1, -0.05) is 52.5 Å². The van der Waals surface area contributed by atoms with Gasteiger partial charge in [-0.15, -0.1) is 0 Å². The van der Waals surface area contributed by atoms with Crippen LogP contribution in [-0.2, 0) is 20.6 Å². The minimum absolute atomic E-state index is 0.138. The molecular weight excluding hydrogens is 531 g/mol. The Hall–Kier alpha value is -0.660. The Morgan fingerprint density at radius 2 is 1.58 bits per heavy atom. The van der Waals surface area contributed by atoms with Crippen molar-refractivity contribution in [2.45, 2.75) is 32.8 Å². The maximum atomic E-state index is 12.3. The molecule has 0 fully saturated rings. The standard InChI is InChI=1S/C15H24Cl2NO4P.C7H4Cl2O/c1-3-21-15(22-4-2)23(19,20)9-5-8-18-11-12-6-7-13(16)10-14(12)17;8-6-2-1-5(4-10)7(9)3-6/h6-7,10,15,18H,3-5,8-9,11H2,1-2H3,(H,19,20);1-4H. The van der Waals surface area contributed by atoms with Crippen LogP contribution in [0.5, 0.6) is 0 Å². The van der Waals surface area contributed by atoms with Crippen molar-refractivity contribution in [1.29, 1.82) is 0 Å². The number of benzene rings is 2. The van der Waals surface area contributed by atoms with E-state index in [4.69, 9.17) is 55.9 Å². The number of carbonyl (C=O) groups is 1. The van der Waals surface area contributed by atoms with Gasteiger partial charge in [-0.05, 0) is 62.7 Å². The van der Waals surface area contributed by atoms with Gasteiger partial charge < -0.3 is 19.7 Å². The van der Waals surface area contributed by atoms with Gasteiger partial charge in [0.1, 0.15) is 0 Å². The Morgan fingerprint density at radius 3 is 2.09 bits per heavy atom. The number of ether oxygens (including phenoxy) is 2. The lowest BCUT2D eigenvalue weighted by Crippen LogP contribution is -2.21. The lowest BCUT2D eigenvalue weighted by Gasteiger charge is -2.22. The molecule has 33 heavy (non-hydrogen) atoms. The molecule has 0 aliphatic carbocycles. The summed E-state index contributed by atoms with van der Waals surface area (Å²) in [6.07, 6.45) is 1.37. The molecule has 0 aliphatic rings. The molecule has 0 amide bonds. The van der Waals surface area contributed by atoms with Gasteiger partial charge in [0.05, 0.1) is 5.02 Å². The second-order valence-electron chi connectivity index (χ2n) is 6.75. The number of hydrogen-bond donors (Lipinski definition) is 2. The first-order chi connectivity index (χ1) is 15.6. The summed E-state index contributed by atoms with van der Waals surface area (Å²) in [5.41, 5.74) is 1.40. The van der Waals surface area contributed by atoms with Crippen LogP contribution in [0.3, 0.4) is 0 Å². The highest BCUT2D eigenvalue weighted by Crippen LogP contribution is 2.47. The predicted molar refractivity (Wildman–Crippen MR) is 136 cm³/mol. The Labute approximate surface area is 214 Å². The van der Waals surface area contributed by atoms with Gasteiger partial charge in [0.25, 0.3) is 7.37 Å². The first-order valence-electron chi connectivity index (χ1n) is 10.2. The van der Waals surface area contributed by atoms with E-state index in [0.29, 0.717) is 64.7 Å². The first kappa shape index (κ1) is 30.4. The van der Waals surface area contributed by atoms with E-state index in [-0.39, 0.29) is 6.16 Å². The van der Waals surface area contributed by atoms with Crippen molar-refractivity contribution in [2.24, 2.45) is 0 Å². The molecule has 1 unspecified atom stereocenters. The van der Waals surface area contributed by atoms with Crippen molar-refractivity contribution in [3.8, 4) is 0 Å². The highest BCUT2D eigenvalue weighted by atomic mass is 35.5. The Bertz CT molecular complexity index is 926. The smallest absolute Gasteiger partial charge is 0.255 e. The third-order valence-electron chi connectivity index (χ3n) is 4.20. The molecule has 11 heteroatoms. The second kappa shape index (κ2) is 16.1. The highest BCUT2D eigenvalue weighted by Gasteiger charge is 2.31. The zero-order valence-electron chi connectivity index (χ0n) is 18.4. The lowest BCUT2D eigenvalue weighted by molar-refractivity contribution is -0.0871. The molecule has 2 N–H and O–H groups in total. The molecule has 0 spiro atoms. The molecule has 0 saturated heterocycles. The summed E-state index contributed by atoms with van der Waals surface area (Å²) in [5.74, 6) is 0. The normalized spacial score (nSPS) is 12.7. The number of rotatable bonds is 12. The van der Waals surface area contributed by atoms with Crippen LogP contribution in [0, 0.1) is 0 Å². The van der Waals surface area contributed by atoms with Crippen LogP contribution in [0.4, 0.5) is 0 Å². The zero-order valence-corrected chi connectivity index (χ0v) is 22.3. The van der Waals surface area contributed by atoms with Crippen molar-refractivity contribution in [1.82, 2.24) is 5.32 Å². The van der Waals surface area contributed by atoms with E-state index in [1.807, 2.05) is 6.07 Å².